The summed E-state index contributed by atoms with van der Waals surface area (Å²) in [6.07, 6.45) is 1.14. The van der Waals surface area contributed by atoms with Crippen LogP contribution in [0.1, 0.15) is 17.9 Å². The molecule has 0 amide bonds. The molecule has 2 heterocycles. The summed E-state index contributed by atoms with van der Waals surface area (Å²) in [5.41, 5.74) is 7.15. The van der Waals surface area contributed by atoms with Crippen molar-refractivity contribution in [3.63, 3.8) is 0 Å². The Bertz CT molecular complexity index is 753. The molecular formula is C15H14N4S. The van der Waals surface area contributed by atoms with Crippen molar-refractivity contribution in [1.29, 1.82) is 0 Å². The molecule has 1 aliphatic rings. The van der Waals surface area contributed by atoms with E-state index in [4.69, 9.17) is 5.73 Å². The van der Waals surface area contributed by atoms with E-state index in [0.717, 1.165) is 22.5 Å². The SMILES string of the molecule is Nc1nc(NC2CC2c2ccccc2)c2ccsc2n1. The number of nitrogens with one attached hydrogen (secondary N) is 1. The van der Waals surface area contributed by atoms with Gasteiger partial charge in [0, 0.05) is 12.0 Å². The van der Waals surface area contributed by atoms with Crippen LogP contribution in [0.5, 0.6) is 0 Å². The predicted octanol–water partition coefficient (Wildman–Crippen LogP) is 3.24. The number of aromatic nitrogens is 2. The highest BCUT2D eigenvalue weighted by atomic mass is 32.1. The number of nitrogens with zero attached hydrogens (tertiary/aromatic N) is 2. The van der Waals surface area contributed by atoms with Gasteiger partial charge in [0.05, 0.1) is 5.39 Å². The van der Waals surface area contributed by atoms with Crippen LogP contribution in [0.3, 0.4) is 0 Å². The lowest BCUT2D eigenvalue weighted by Gasteiger charge is -2.07. The topological polar surface area (TPSA) is 63.8 Å². The van der Waals surface area contributed by atoms with E-state index in [1.165, 1.54) is 5.56 Å². The Labute approximate surface area is 120 Å². The van der Waals surface area contributed by atoms with Crippen molar-refractivity contribution in [2.24, 2.45) is 0 Å². The standard InChI is InChI=1S/C15H14N4S/c16-15-18-13(10-6-7-20-14(10)19-15)17-12-8-11(12)9-4-2-1-3-5-9/h1-7,11-12H,8H2,(H3,16,17,18,19). The minimum Gasteiger partial charge on any atom is -0.368 e. The highest BCUT2D eigenvalue weighted by Gasteiger charge is 2.38. The molecule has 20 heavy (non-hydrogen) atoms. The van der Waals surface area contributed by atoms with Gasteiger partial charge in [0.25, 0.3) is 0 Å². The van der Waals surface area contributed by atoms with Gasteiger partial charge in [-0.2, -0.15) is 4.98 Å². The lowest BCUT2D eigenvalue weighted by atomic mass is 10.1. The van der Waals surface area contributed by atoms with Crippen LogP contribution >= 0.6 is 11.3 Å². The number of nitrogen functional groups attached to an aromatic ring is 1. The van der Waals surface area contributed by atoms with Crippen LogP contribution in [-0.2, 0) is 0 Å². The van der Waals surface area contributed by atoms with Crippen molar-refractivity contribution in [3.05, 3.63) is 47.3 Å². The molecule has 4 nitrogen and oxygen atoms in total. The lowest BCUT2D eigenvalue weighted by molar-refractivity contribution is 1.03. The third kappa shape index (κ3) is 2.00. The summed E-state index contributed by atoms with van der Waals surface area (Å²) in [5, 5.41) is 6.59. The first-order chi connectivity index (χ1) is 9.81. The van der Waals surface area contributed by atoms with Crippen LogP contribution in [0, 0.1) is 0 Å². The number of anilines is 2. The van der Waals surface area contributed by atoms with Gasteiger partial charge in [0.1, 0.15) is 10.6 Å². The number of benzene rings is 1. The molecule has 0 aliphatic heterocycles. The first-order valence-corrected chi connectivity index (χ1v) is 7.51. The number of hydrogen-bond acceptors (Lipinski definition) is 5. The summed E-state index contributed by atoms with van der Waals surface area (Å²) in [5.74, 6) is 1.76. The molecule has 3 N–H and O–H groups in total. The molecule has 5 heteroatoms. The van der Waals surface area contributed by atoms with Gasteiger partial charge in [0.15, 0.2) is 0 Å². The maximum Gasteiger partial charge on any atom is 0.223 e. The van der Waals surface area contributed by atoms with Gasteiger partial charge in [-0.3, -0.25) is 0 Å². The van der Waals surface area contributed by atoms with Crippen molar-refractivity contribution < 1.29 is 0 Å². The number of rotatable bonds is 3. The predicted molar refractivity (Wildman–Crippen MR) is 83.0 cm³/mol. The van der Waals surface area contributed by atoms with Crippen LogP contribution in [0.25, 0.3) is 10.2 Å². The van der Waals surface area contributed by atoms with Crippen molar-refractivity contribution in [1.82, 2.24) is 9.97 Å². The van der Waals surface area contributed by atoms with Crippen molar-refractivity contribution in [2.75, 3.05) is 11.1 Å². The van der Waals surface area contributed by atoms with Gasteiger partial charge < -0.3 is 11.1 Å². The zero-order valence-corrected chi connectivity index (χ0v) is 11.6. The molecule has 1 fully saturated rings. The maximum absolute atomic E-state index is 5.77. The fraction of sp³-hybridized carbons (Fsp3) is 0.200. The Balaban J connectivity index is 1.59. The second kappa shape index (κ2) is 4.45. The smallest absolute Gasteiger partial charge is 0.223 e. The fourth-order valence-corrected chi connectivity index (χ4v) is 3.35. The molecule has 1 aromatic carbocycles. The van der Waals surface area contributed by atoms with Crippen LogP contribution in [0.15, 0.2) is 41.8 Å². The van der Waals surface area contributed by atoms with Crippen molar-refractivity contribution in [3.8, 4) is 0 Å². The molecular weight excluding hydrogens is 268 g/mol. The summed E-state index contributed by atoms with van der Waals surface area (Å²) < 4.78 is 0. The zero-order valence-electron chi connectivity index (χ0n) is 10.8. The average molecular weight is 282 g/mol. The number of nitrogens with two attached hydrogens (primary N) is 1. The van der Waals surface area contributed by atoms with Gasteiger partial charge in [0.2, 0.25) is 5.95 Å². The molecule has 1 saturated carbocycles. The molecule has 100 valence electrons. The summed E-state index contributed by atoms with van der Waals surface area (Å²) in [6.45, 7) is 0. The van der Waals surface area contributed by atoms with E-state index in [9.17, 15) is 0 Å². The van der Waals surface area contributed by atoms with E-state index in [0.29, 0.717) is 17.9 Å². The second-order valence-electron chi connectivity index (χ2n) is 5.07. The normalized spacial score (nSPS) is 21.0. The fourth-order valence-electron chi connectivity index (χ4n) is 2.58. The third-order valence-corrected chi connectivity index (χ3v) is 4.49. The van der Waals surface area contributed by atoms with Crippen molar-refractivity contribution in [2.45, 2.75) is 18.4 Å². The monoisotopic (exact) mass is 282 g/mol. The number of hydrogen-bond donors (Lipinski definition) is 2. The quantitative estimate of drug-likeness (QED) is 0.774. The van der Waals surface area contributed by atoms with Gasteiger partial charge in [-0.15, -0.1) is 11.3 Å². The lowest BCUT2D eigenvalue weighted by Crippen LogP contribution is -2.08. The minimum absolute atomic E-state index is 0.333. The van der Waals surface area contributed by atoms with Crippen molar-refractivity contribution >= 4 is 33.3 Å². The molecule has 1 aliphatic carbocycles. The molecule has 0 saturated heterocycles. The molecule has 0 bridgehead atoms. The second-order valence-corrected chi connectivity index (χ2v) is 5.97. The van der Waals surface area contributed by atoms with E-state index in [1.807, 2.05) is 17.5 Å². The molecule has 2 atom stereocenters. The molecule has 0 radical (unpaired) electrons. The summed E-state index contributed by atoms with van der Waals surface area (Å²) in [6, 6.07) is 13.1. The summed E-state index contributed by atoms with van der Waals surface area (Å²) in [4.78, 5) is 9.53. The van der Waals surface area contributed by atoms with Crippen LogP contribution in [-0.4, -0.2) is 16.0 Å². The molecule has 2 aromatic heterocycles. The number of thiophene rings is 1. The Kier molecular flexibility index (Phi) is 2.60. The zero-order chi connectivity index (χ0) is 13.5. The van der Waals surface area contributed by atoms with E-state index in [1.54, 1.807) is 11.3 Å². The highest BCUT2D eigenvalue weighted by Crippen LogP contribution is 2.43. The van der Waals surface area contributed by atoms with Gasteiger partial charge in [-0.05, 0) is 23.4 Å². The van der Waals surface area contributed by atoms with Gasteiger partial charge >= 0.3 is 0 Å². The average Bonchev–Trinajstić information content (AvgIpc) is 3.06. The van der Waals surface area contributed by atoms with Crippen LogP contribution in [0.4, 0.5) is 11.8 Å². The van der Waals surface area contributed by atoms with Gasteiger partial charge in [-0.1, -0.05) is 30.3 Å². The Morgan fingerprint density at radius 3 is 2.85 bits per heavy atom. The Hall–Kier alpha value is -2.14. The molecule has 4 rings (SSSR count). The third-order valence-electron chi connectivity index (χ3n) is 3.68. The van der Waals surface area contributed by atoms with Crippen LogP contribution < -0.4 is 11.1 Å². The Morgan fingerprint density at radius 2 is 2.00 bits per heavy atom. The first-order valence-electron chi connectivity index (χ1n) is 6.63. The summed E-state index contributed by atoms with van der Waals surface area (Å²) >= 11 is 1.59. The van der Waals surface area contributed by atoms with Gasteiger partial charge in [-0.25, -0.2) is 4.98 Å². The molecule has 2 unspecified atom stereocenters. The van der Waals surface area contributed by atoms with E-state index >= 15 is 0 Å². The number of fused-ring (bicyclic) bond motifs is 1. The Morgan fingerprint density at radius 1 is 1.15 bits per heavy atom. The first kappa shape index (κ1) is 11.7. The summed E-state index contributed by atoms with van der Waals surface area (Å²) in [7, 11) is 0. The van der Waals surface area contributed by atoms with Crippen LogP contribution in [0.2, 0.25) is 0 Å². The highest BCUT2D eigenvalue weighted by molar-refractivity contribution is 7.16. The van der Waals surface area contributed by atoms with E-state index in [2.05, 4.69) is 39.6 Å². The maximum atomic E-state index is 5.77. The minimum atomic E-state index is 0.333. The molecule has 0 spiro atoms. The molecule has 3 aromatic rings. The van der Waals surface area contributed by atoms with E-state index in [-0.39, 0.29) is 0 Å². The van der Waals surface area contributed by atoms with E-state index < -0.39 is 0 Å². The largest absolute Gasteiger partial charge is 0.368 e.